The number of nitrogens with zero attached hydrogens (tertiary/aromatic N) is 4. The third-order valence-electron chi connectivity index (χ3n) is 4.92. The Balaban J connectivity index is 1.82. The number of nitrogens with one attached hydrogen (secondary N) is 1. The van der Waals surface area contributed by atoms with Gasteiger partial charge in [0.2, 0.25) is 15.8 Å². The number of rotatable bonds is 7. The fraction of sp³-hybridized carbons (Fsp3) is 0.286. The zero-order valence-corrected chi connectivity index (χ0v) is 19.1. The lowest BCUT2D eigenvalue weighted by Gasteiger charge is -2.14. The Labute approximate surface area is 184 Å². The van der Waals surface area contributed by atoms with Crippen LogP contribution in [0.4, 0.5) is 0 Å². The number of hydrogen-bond acceptors (Lipinski definition) is 6. The van der Waals surface area contributed by atoms with Crippen molar-refractivity contribution in [2.75, 3.05) is 18.6 Å². The van der Waals surface area contributed by atoms with Crippen LogP contribution < -0.4 is 10.3 Å². The number of thioether (sulfide) groups is 1. The van der Waals surface area contributed by atoms with Gasteiger partial charge in [0.1, 0.15) is 0 Å². The van der Waals surface area contributed by atoms with Gasteiger partial charge in [-0.15, -0.1) is 10.2 Å². The number of hydrogen-bond donors (Lipinski definition) is 1. The van der Waals surface area contributed by atoms with E-state index in [0.717, 1.165) is 28.6 Å². The number of fused-ring (bicyclic) bond motifs is 3. The Hall–Kier alpha value is -2.69. The van der Waals surface area contributed by atoms with Crippen LogP contribution in [0.1, 0.15) is 17.5 Å². The zero-order chi connectivity index (χ0) is 22.2. The van der Waals surface area contributed by atoms with E-state index in [1.807, 2.05) is 60.7 Å². The predicted molar refractivity (Wildman–Crippen MR) is 124 cm³/mol. The summed E-state index contributed by atoms with van der Waals surface area (Å²) in [5.74, 6) is 1.11. The van der Waals surface area contributed by atoms with Crippen molar-refractivity contribution in [1.82, 2.24) is 23.9 Å². The molecule has 0 fully saturated rings. The minimum absolute atomic E-state index is 0.141. The number of aryl methyl sites for hydroxylation is 2. The number of sulfonamides is 1. The molecule has 0 saturated carbocycles. The van der Waals surface area contributed by atoms with E-state index in [0.29, 0.717) is 35.0 Å². The molecule has 0 amide bonds. The van der Waals surface area contributed by atoms with Gasteiger partial charge in [0.25, 0.3) is 5.56 Å². The normalized spacial score (nSPS) is 12.1. The monoisotopic (exact) mass is 457 g/mol. The molecule has 8 nitrogen and oxygen atoms in total. The van der Waals surface area contributed by atoms with Crippen molar-refractivity contribution in [3.05, 3.63) is 63.9 Å². The molecule has 31 heavy (non-hydrogen) atoms. The van der Waals surface area contributed by atoms with Crippen LogP contribution in [0.2, 0.25) is 0 Å². The molecule has 162 valence electrons. The molecule has 1 N–H and O–H groups in total. The second-order valence-corrected chi connectivity index (χ2v) is 10.3. The topological polar surface area (TPSA) is 98.4 Å². The van der Waals surface area contributed by atoms with Gasteiger partial charge in [-0.1, -0.05) is 36.0 Å². The first-order chi connectivity index (χ1) is 14.8. The average molecular weight is 458 g/mol. The van der Waals surface area contributed by atoms with Crippen LogP contribution in [0, 0.1) is 13.8 Å². The fourth-order valence-electron chi connectivity index (χ4n) is 3.44. The van der Waals surface area contributed by atoms with Crippen LogP contribution in [0.15, 0.2) is 52.4 Å². The van der Waals surface area contributed by atoms with Crippen LogP contribution in [0.25, 0.3) is 22.4 Å². The maximum absolute atomic E-state index is 13.4. The Bertz CT molecular complexity index is 1440. The quantitative estimate of drug-likeness (QED) is 0.338. The lowest BCUT2D eigenvalue weighted by atomic mass is 10.1. The standard InChI is InChI=1S/C21H23N5O3S2/c1-14-9-10-15(2)18(13-14)25-19(27)16-7-4-5-8-17(16)26-20(25)23-24-21(26)30-12-6-11-22-31(3,28)29/h4-5,7-10,13,22H,6,11-12H2,1-3H3. The second-order valence-electron chi connectivity index (χ2n) is 7.43. The van der Waals surface area contributed by atoms with Crippen molar-refractivity contribution < 1.29 is 8.42 Å². The van der Waals surface area contributed by atoms with Crippen molar-refractivity contribution in [3.63, 3.8) is 0 Å². The third-order valence-corrected chi connectivity index (χ3v) is 6.66. The van der Waals surface area contributed by atoms with Gasteiger partial charge in [0.15, 0.2) is 5.16 Å². The minimum atomic E-state index is -3.20. The van der Waals surface area contributed by atoms with E-state index in [2.05, 4.69) is 14.9 Å². The first-order valence-corrected chi connectivity index (χ1v) is 12.7. The molecule has 2 aromatic heterocycles. The highest BCUT2D eigenvalue weighted by molar-refractivity contribution is 7.99. The SMILES string of the molecule is Cc1ccc(C)c(-n2c(=O)c3ccccc3n3c(SCCCNS(C)(=O)=O)nnc23)c1. The summed E-state index contributed by atoms with van der Waals surface area (Å²) in [5.41, 5.74) is 3.39. The molecule has 0 radical (unpaired) electrons. The van der Waals surface area contributed by atoms with Crippen LogP contribution in [0.5, 0.6) is 0 Å². The van der Waals surface area contributed by atoms with Crippen molar-refractivity contribution in [2.24, 2.45) is 0 Å². The zero-order valence-electron chi connectivity index (χ0n) is 17.5. The lowest BCUT2D eigenvalue weighted by molar-refractivity contribution is 0.587. The van der Waals surface area contributed by atoms with E-state index in [9.17, 15) is 13.2 Å². The second kappa shape index (κ2) is 8.45. The molecule has 0 aliphatic carbocycles. The van der Waals surface area contributed by atoms with Crippen LogP contribution >= 0.6 is 11.8 Å². The molecule has 0 spiro atoms. The summed E-state index contributed by atoms with van der Waals surface area (Å²) in [6.45, 7) is 4.31. The fourth-order valence-corrected chi connectivity index (χ4v) is 4.84. The molecule has 2 heterocycles. The van der Waals surface area contributed by atoms with Crippen LogP contribution in [-0.2, 0) is 10.0 Å². The van der Waals surface area contributed by atoms with E-state index in [1.165, 1.54) is 11.8 Å². The van der Waals surface area contributed by atoms with E-state index < -0.39 is 10.0 Å². The Morgan fingerprint density at radius 3 is 2.65 bits per heavy atom. The maximum atomic E-state index is 13.4. The molecular weight excluding hydrogens is 434 g/mol. The Kier molecular flexibility index (Phi) is 5.87. The van der Waals surface area contributed by atoms with Crippen LogP contribution in [0.3, 0.4) is 0 Å². The van der Waals surface area contributed by atoms with E-state index >= 15 is 0 Å². The molecule has 0 aliphatic heterocycles. The van der Waals surface area contributed by atoms with E-state index in [-0.39, 0.29) is 5.56 Å². The first kappa shape index (κ1) is 21.5. The highest BCUT2D eigenvalue weighted by Gasteiger charge is 2.18. The molecule has 4 aromatic rings. The summed E-state index contributed by atoms with van der Waals surface area (Å²) in [4.78, 5) is 13.4. The first-order valence-electron chi connectivity index (χ1n) is 9.80. The summed E-state index contributed by atoms with van der Waals surface area (Å²) in [6, 6.07) is 13.4. The Morgan fingerprint density at radius 1 is 1.10 bits per heavy atom. The number of benzene rings is 2. The molecule has 0 saturated heterocycles. The summed E-state index contributed by atoms with van der Waals surface area (Å²) in [5, 5.41) is 9.94. The van der Waals surface area contributed by atoms with Gasteiger partial charge in [-0.3, -0.25) is 9.20 Å². The van der Waals surface area contributed by atoms with Gasteiger partial charge < -0.3 is 0 Å². The molecule has 10 heteroatoms. The minimum Gasteiger partial charge on any atom is -0.268 e. The van der Waals surface area contributed by atoms with Gasteiger partial charge in [-0.2, -0.15) is 0 Å². The largest absolute Gasteiger partial charge is 0.268 e. The summed E-state index contributed by atoms with van der Waals surface area (Å²) in [7, 11) is -3.20. The lowest BCUT2D eigenvalue weighted by Crippen LogP contribution is -2.23. The highest BCUT2D eigenvalue weighted by atomic mass is 32.2. The molecule has 0 unspecified atom stereocenters. The van der Waals surface area contributed by atoms with Crippen molar-refractivity contribution in [1.29, 1.82) is 0 Å². The Morgan fingerprint density at radius 2 is 1.87 bits per heavy atom. The van der Waals surface area contributed by atoms with Crippen molar-refractivity contribution >= 4 is 38.5 Å². The number of para-hydroxylation sites is 1. The summed E-state index contributed by atoms with van der Waals surface area (Å²) in [6.07, 6.45) is 1.78. The highest BCUT2D eigenvalue weighted by Crippen LogP contribution is 2.24. The summed E-state index contributed by atoms with van der Waals surface area (Å²) >= 11 is 1.48. The van der Waals surface area contributed by atoms with Gasteiger partial charge in [0, 0.05) is 12.3 Å². The maximum Gasteiger partial charge on any atom is 0.267 e. The molecule has 0 atom stereocenters. The van der Waals surface area contributed by atoms with Crippen molar-refractivity contribution in [3.8, 4) is 5.69 Å². The summed E-state index contributed by atoms with van der Waals surface area (Å²) < 4.78 is 28.4. The smallest absolute Gasteiger partial charge is 0.267 e. The van der Waals surface area contributed by atoms with Gasteiger partial charge in [-0.25, -0.2) is 17.7 Å². The molecule has 4 rings (SSSR count). The molecule has 0 bridgehead atoms. The average Bonchev–Trinajstić information content (AvgIpc) is 3.13. The molecule has 0 aliphatic rings. The molecular formula is C21H23N5O3S2. The van der Waals surface area contributed by atoms with Gasteiger partial charge >= 0.3 is 0 Å². The number of aromatic nitrogens is 4. The van der Waals surface area contributed by atoms with Crippen molar-refractivity contribution in [2.45, 2.75) is 25.4 Å². The van der Waals surface area contributed by atoms with Gasteiger partial charge in [-0.05, 0) is 49.6 Å². The van der Waals surface area contributed by atoms with Crippen LogP contribution in [-0.4, -0.2) is 46.1 Å². The third kappa shape index (κ3) is 4.36. The van der Waals surface area contributed by atoms with E-state index in [4.69, 9.17) is 0 Å². The van der Waals surface area contributed by atoms with Gasteiger partial charge in [0.05, 0.1) is 22.8 Å². The molecule has 2 aromatic carbocycles. The van der Waals surface area contributed by atoms with E-state index in [1.54, 1.807) is 4.57 Å². The predicted octanol–water partition coefficient (Wildman–Crippen LogP) is 2.68.